The third-order valence-corrected chi connectivity index (χ3v) is 5.11. The standard InChI is InChI=1S/C21H29N3O4/c1-13(24(15-8-6-7-9-15)20(26)28-21(2,3)4)19-22-16-10-14(12-25)18(27-5)11-17(16)23-19/h10-13,15H,6-9H2,1-5H3,(H,22,23). The van der Waals surface area contributed by atoms with Crippen molar-refractivity contribution in [1.29, 1.82) is 0 Å². The summed E-state index contributed by atoms with van der Waals surface area (Å²) < 4.78 is 10.9. The number of aromatic amines is 1. The van der Waals surface area contributed by atoms with Gasteiger partial charge in [0, 0.05) is 12.1 Å². The van der Waals surface area contributed by atoms with Crippen LogP contribution in [-0.2, 0) is 4.74 Å². The van der Waals surface area contributed by atoms with Gasteiger partial charge in [0.1, 0.15) is 17.2 Å². The highest BCUT2D eigenvalue weighted by atomic mass is 16.6. The van der Waals surface area contributed by atoms with Gasteiger partial charge in [-0.05, 0) is 46.6 Å². The fourth-order valence-corrected chi connectivity index (χ4v) is 3.79. The van der Waals surface area contributed by atoms with Gasteiger partial charge in [0.15, 0.2) is 6.29 Å². The van der Waals surface area contributed by atoms with E-state index in [1.807, 2.05) is 32.6 Å². The molecular formula is C21H29N3O4. The molecule has 0 spiro atoms. The topological polar surface area (TPSA) is 84.5 Å². The third-order valence-electron chi connectivity index (χ3n) is 5.11. The van der Waals surface area contributed by atoms with Crippen molar-refractivity contribution in [1.82, 2.24) is 14.9 Å². The summed E-state index contributed by atoms with van der Waals surface area (Å²) in [6, 6.07) is 3.31. The first kappa shape index (κ1) is 20.2. The molecule has 2 aromatic rings. The van der Waals surface area contributed by atoms with Crippen LogP contribution in [0.3, 0.4) is 0 Å². The van der Waals surface area contributed by atoms with E-state index < -0.39 is 5.60 Å². The summed E-state index contributed by atoms with van der Waals surface area (Å²) in [6.07, 6.45) is 4.58. The molecule has 1 fully saturated rings. The van der Waals surface area contributed by atoms with Gasteiger partial charge < -0.3 is 14.5 Å². The van der Waals surface area contributed by atoms with Crippen molar-refractivity contribution in [2.24, 2.45) is 0 Å². The first-order valence-electron chi connectivity index (χ1n) is 9.77. The van der Waals surface area contributed by atoms with Gasteiger partial charge in [-0.2, -0.15) is 0 Å². The monoisotopic (exact) mass is 387 g/mol. The summed E-state index contributed by atoms with van der Waals surface area (Å²) in [4.78, 5) is 34.0. The molecule has 7 nitrogen and oxygen atoms in total. The van der Waals surface area contributed by atoms with Crippen LogP contribution in [0.15, 0.2) is 12.1 Å². The number of benzene rings is 1. The predicted molar refractivity (Wildman–Crippen MR) is 107 cm³/mol. The van der Waals surface area contributed by atoms with Crippen LogP contribution < -0.4 is 4.74 Å². The number of amides is 1. The average molecular weight is 387 g/mol. The lowest BCUT2D eigenvalue weighted by Gasteiger charge is -2.35. The van der Waals surface area contributed by atoms with Crippen LogP contribution in [0, 0.1) is 0 Å². The van der Waals surface area contributed by atoms with Crippen LogP contribution in [0.2, 0.25) is 0 Å². The number of carbonyl (C=O) groups is 2. The van der Waals surface area contributed by atoms with E-state index in [2.05, 4.69) is 9.97 Å². The van der Waals surface area contributed by atoms with Gasteiger partial charge in [0.25, 0.3) is 0 Å². The minimum Gasteiger partial charge on any atom is -0.496 e. The molecule has 1 amide bonds. The van der Waals surface area contributed by atoms with Crippen molar-refractivity contribution >= 4 is 23.4 Å². The Bertz CT molecular complexity index is 862. The molecule has 152 valence electrons. The van der Waals surface area contributed by atoms with Crippen molar-refractivity contribution in [2.45, 2.75) is 71.1 Å². The molecule has 1 heterocycles. The van der Waals surface area contributed by atoms with Crippen LogP contribution in [0.25, 0.3) is 11.0 Å². The van der Waals surface area contributed by atoms with E-state index in [0.717, 1.165) is 37.5 Å². The van der Waals surface area contributed by atoms with Crippen LogP contribution in [-0.4, -0.2) is 46.0 Å². The number of methoxy groups -OCH3 is 1. The molecule has 3 rings (SSSR count). The summed E-state index contributed by atoms with van der Waals surface area (Å²) >= 11 is 0. The van der Waals surface area contributed by atoms with Crippen LogP contribution in [0.5, 0.6) is 5.75 Å². The summed E-state index contributed by atoms with van der Waals surface area (Å²) in [5.41, 5.74) is 1.33. The summed E-state index contributed by atoms with van der Waals surface area (Å²) in [5, 5.41) is 0. The number of nitrogens with zero attached hydrogens (tertiary/aromatic N) is 2. The molecule has 1 aromatic carbocycles. The van der Waals surface area contributed by atoms with Gasteiger partial charge in [-0.1, -0.05) is 12.8 Å². The van der Waals surface area contributed by atoms with Gasteiger partial charge in [0.05, 0.1) is 29.7 Å². The first-order chi connectivity index (χ1) is 13.2. The highest BCUT2D eigenvalue weighted by Crippen LogP contribution is 2.33. The number of carbonyl (C=O) groups excluding carboxylic acids is 2. The zero-order valence-corrected chi connectivity index (χ0v) is 17.2. The molecule has 1 unspecified atom stereocenters. The average Bonchev–Trinajstić information content (AvgIpc) is 3.28. The van der Waals surface area contributed by atoms with Crippen LogP contribution in [0.4, 0.5) is 4.79 Å². The lowest BCUT2D eigenvalue weighted by molar-refractivity contribution is 0.00609. The number of imidazole rings is 1. The number of rotatable bonds is 5. The van der Waals surface area contributed by atoms with Gasteiger partial charge in [-0.15, -0.1) is 0 Å². The Kier molecular flexibility index (Phi) is 5.63. The van der Waals surface area contributed by atoms with Gasteiger partial charge in [-0.25, -0.2) is 9.78 Å². The third kappa shape index (κ3) is 4.13. The molecule has 1 aliphatic rings. The van der Waals surface area contributed by atoms with Crippen molar-refractivity contribution in [3.05, 3.63) is 23.5 Å². The maximum absolute atomic E-state index is 13.0. The number of aromatic nitrogens is 2. The van der Waals surface area contributed by atoms with E-state index >= 15 is 0 Å². The minimum atomic E-state index is -0.562. The van der Waals surface area contributed by atoms with E-state index in [-0.39, 0.29) is 18.2 Å². The van der Waals surface area contributed by atoms with Gasteiger partial charge in [0.2, 0.25) is 0 Å². The molecule has 1 aromatic heterocycles. The Hall–Kier alpha value is -2.57. The number of fused-ring (bicyclic) bond motifs is 1. The molecule has 28 heavy (non-hydrogen) atoms. The normalized spacial score (nSPS) is 16.2. The largest absolute Gasteiger partial charge is 0.496 e. The van der Waals surface area contributed by atoms with Crippen molar-refractivity contribution in [3.63, 3.8) is 0 Å². The summed E-state index contributed by atoms with van der Waals surface area (Å²) in [7, 11) is 1.52. The maximum atomic E-state index is 13.0. The first-order valence-corrected chi connectivity index (χ1v) is 9.77. The van der Waals surface area contributed by atoms with E-state index in [1.54, 1.807) is 12.1 Å². The summed E-state index contributed by atoms with van der Waals surface area (Å²) in [6.45, 7) is 7.57. The molecule has 7 heteroatoms. The SMILES string of the molecule is COc1cc2nc(C(C)N(C(=O)OC(C)(C)C)C3CCCC3)[nH]c2cc1C=O. The smallest absolute Gasteiger partial charge is 0.411 e. The fourth-order valence-electron chi connectivity index (χ4n) is 3.79. The number of aldehydes is 1. The zero-order chi connectivity index (χ0) is 20.5. The molecule has 1 atom stereocenters. The molecule has 1 saturated carbocycles. The van der Waals surface area contributed by atoms with Gasteiger partial charge >= 0.3 is 6.09 Å². The van der Waals surface area contributed by atoms with E-state index in [9.17, 15) is 9.59 Å². The predicted octanol–water partition coefficient (Wildman–Crippen LogP) is 4.62. The lowest BCUT2D eigenvalue weighted by atomic mass is 10.1. The molecule has 0 bridgehead atoms. The van der Waals surface area contributed by atoms with E-state index in [0.29, 0.717) is 22.7 Å². The number of ether oxygens (including phenoxy) is 2. The van der Waals surface area contributed by atoms with Crippen molar-refractivity contribution in [3.8, 4) is 5.75 Å². The molecule has 1 N–H and O–H groups in total. The Balaban J connectivity index is 1.96. The Morgan fingerprint density at radius 2 is 2.00 bits per heavy atom. The highest BCUT2D eigenvalue weighted by molar-refractivity contribution is 5.89. The number of hydrogen-bond acceptors (Lipinski definition) is 5. The quantitative estimate of drug-likeness (QED) is 0.757. The van der Waals surface area contributed by atoms with Crippen molar-refractivity contribution < 1.29 is 19.1 Å². The van der Waals surface area contributed by atoms with E-state index in [4.69, 9.17) is 9.47 Å². The second kappa shape index (κ2) is 7.81. The molecular weight excluding hydrogens is 358 g/mol. The fraction of sp³-hybridized carbons (Fsp3) is 0.571. The molecule has 0 saturated heterocycles. The highest BCUT2D eigenvalue weighted by Gasteiger charge is 2.35. The molecule has 0 radical (unpaired) electrons. The molecule has 0 aliphatic heterocycles. The minimum absolute atomic E-state index is 0.137. The Morgan fingerprint density at radius 1 is 1.32 bits per heavy atom. The summed E-state index contributed by atoms with van der Waals surface area (Å²) in [5.74, 6) is 1.14. The second-order valence-electron chi connectivity index (χ2n) is 8.35. The Labute approximate surface area is 165 Å². The number of hydrogen-bond donors (Lipinski definition) is 1. The van der Waals surface area contributed by atoms with Crippen LogP contribution >= 0.6 is 0 Å². The van der Waals surface area contributed by atoms with Crippen molar-refractivity contribution in [2.75, 3.05) is 7.11 Å². The number of nitrogens with one attached hydrogen (secondary N) is 1. The second-order valence-corrected chi connectivity index (χ2v) is 8.35. The lowest BCUT2D eigenvalue weighted by Crippen LogP contribution is -2.44. The van der Waals surface area contributed by atoms with Crippen LogP contribution in [0.1, 0.15) is 75.6 Å². The maximum Gasteiger partial charge on any atom is 0.411 e. The Morgan fingerprint density at radius 3 is 2.57 bits per heavy atom. The van der Waals surface area contributed by atoms with E-state index in [1.165, 1.54) is 7.11 Å². The number of H-pyrrole nitrogens is 1. The molecule has 1 aliphatic carbocycles. The zero-order valence-electron chi connectivity index (χ0n) is 17.2. The van der Waals surface area contributed by atoms with Gasteiger partial charge in [-0.3, -0.25) is 9.69 Å².